The van der Waals surface area contributed by atoms with Crippen LogP contribution in [0.3, 0.4) is 0 Å². The van der Waals surface area contributed by atoms with Gasteiger partial charge in [-0.3, -0.25) is 0 Å². The van der Waals surface area contributed by atoms with Gasteiger partial charge in [-0.2, -0.15) is 0 Å². The fourth-order valence-corrected chi connectivity index (χ4v) is 2.51. The summed E-state index contributed by atoms with van der Waals surface area (Å²) in [5, 5.41) is 10.5. The Bertz CT molecular complexity index is 534. The van der Waals surface area contributed by atoms with E-state index in [0.29, 0.717) is 10.2 Å². The van der Waals surface area contributed by atoms with Crippen LogP contribution in [0.5, 0.6) is 0 Å². The molecule has 2 aromatic rings. The van der Waals surface area contributed by atoms with Gasteiger partial charge in [-0.05, 0) is 42.4 Å². The zero-order valence-electron chi connectivity index (χ0n) is 9.22. The highest BCUT2D eigenvalue weighted by Crippen LogP contribution is 2.30. The molecule has 0 radical (unpaired) electrons. The summed E-state index contributed by atoms with van der Waals surface area (Å²) in [6.07, 6.45) is 1.72. The highest BCUT2D eigenvalue weighted by molar-refractivity contribution is 7.99. The zero-order valence-corrected chi connectivity index (χ0v) is 10.8. The van der Waals surface area contributed by atoms with E-state index < -0.39 is 0 Å². The van der Waals surface area contributed by atoms with E-state index in [0.717, 1.165) is 16.2 Å². The molecule has 1 aromatic carbocycles. The monoisotopic (exact) mass is 266 g/mol. The first-order chi connectivity index (χ1) is 8.19. The van der Waals surface area contributed by atoms with Crippen LogP contribution < -0.4 is 0 Å². The maximum Gasteiger partial charge on any atom is 0.192 e. The van der Waals surface area contributed by atoms with Crippen LogP contribution in [-0.4, -0.2) is 15.1 Å². The Kier molecular flexibility index (Phi) is 3.99. The van der Waals surface area contributed by atoms with Crippen molar-refractivity contribution in [1.29, 1.82) is 0 Å². The summed E-state index contributed by atoms with van der Waals surface area (Å²) < 4.78 is 0. The second kappa shape index (κ2) is 5.49. The van der Waals surface area contributed by atoms with Crippen LogP contribution in [0.2, 0.25) is 5.02 Å². The summed E-state index contributed by atoms with van der Waals surface area (Å²) in [6.45, 7) is 1.89. The molecule has 0 saturated carbocycles. The number of aryl methyl sites for hydroxylation is 1. The number of aromatic nitrogens is 2. The molecule has 0 saturated heterocycles. The van der Waals surface area contributed by atoms with E-state index in [9.17, 15) is 5.11 Å². The number of halogens is 1. The Morgan fingerprint density at radius 3 is 2.88 bits per heavy atom. The summed E-state index contributed by atoms with van der Waals surface area (Å²) >= 11 is 7.34. The molecule has 0 fully saturated rings. The Hall–Kier alpha value is -1.10. The number of nitrogens with zero attached hydrogens (tertiary/aromatic N) is 2. The highest BCUT2D eigenvalue weighted by atomic mass is 35.5. The molecule has 1 heterocycles. The molecular formula is C12H11ClN2OS. The van der Waals surface area contributed by atoms with Crippen LogP contribution in [0.4, 0.5) is 0 Å². The van der Waals surface area contributed by atoms with Crippen molar-refractivity contribution in [2.75, 3.05) is 0 Å². The number of benzene rings is 1. The number of hydrogen-bond acceptors (Lipinski definition) is 4. The van der Waals surface area contributed by atoms with Crippen molar-refractivity contribution < 1.29 is 5.11 Å². The fraction of sp³-hybridized carbons (Fsp3) is 0.167. The van der Waals surface area contributed by atoms with Crippen LogP contribution in [0, 0.1) is 6.92 Å². The van der Waals surface area contributed by atoms with Gasteiger partial charge in [0.1, 0.15) is 0 Å². The standard InChI is InChI=1S/C12H11ClN2OS/c1-8-4-5-14-12(15-8)17-11-6-10(13)3-2-9(11)7-16/h2-6,16H,7H2,1H3. The van der Waals surface area contributed by atoms with Gasteiger partial charge in [-0.15, -0.1) is 0 Å². The summed E-state index contributed by atoms with van der Waals surface area (Å²) in [6, 6.07) is 7.22. The van der Waals surface area contributed by atoms with Crippen LogP contribution in [-0.2, 0) is 6.61 Å². The minimum Gasteiger partial charge on any atom is -0.392 e. The van der Waals surface area contributed by atoms with Crippen LogP contribution >= 0.6 is 23.4 Å². The van der Waals surface area contributed by atoms with Crippen molar-refractivity contribution >= 4 is 23.4 Å². The molecule has 2 rings (SSSR count). The molecule has 5 heteroatoms. The quantitative estimate of drug-likeness (QED) is 0.868. The molecule has 0 bridgehead atoms. The van der Waals surface area contributed by atoms with Crippen LogP contribution in [0.25, 0.3) is 0 Å². The Morgan fingerprint density at radius 1 is 1.35 bits per heavy atom. The Morgan fingerprint density at radius 2 is 2.18 bits per heavy atom. The molecule has 0 atom stereocenters. The van der Waals surface area contributed by atoms with Gasteiger partial charge in [-0.25, -0.2) is 9.97 Å². The van der Waals surface area contributed by atoms with Crippen molar-refractivity contribution in [3.63, 3.8) is 0 Å². The first-order valence-corrected chi connectivity index (χ1v) is 6.25. The predicted octanol–water partition coefficient (Wildman–Crippen LogP) is 3.08. The summed E-state index contributed by atoms with van der Waals surface area (Å²) in [4.78, 5) is 9.35. The van der Waals surface area contributed by atoms with Gasteiger partial charge in [0.25, 0.3) is 0 Å². The lowest BCUT2D eigenvalue weighted by molar-refractivity contribution is 0.279. The molecule has 1 aromatic heterocycles. The van der Waals surface area contributed by atoms with E-state index in [2.05, 4.69) is 9.97 Å². The molecule has 0 aliphatic rings. The molecular weight excluding hydrogens is 256 g/mol. The lowest BCUT2D eigenvalue weighted by Gasteiger charge is -2.06. The Balaban J connectivity index is 2.32. The minimum atomic E-state index is -0.0225. The number of hydrogen-bond donors (Lipinski definition) is 1. The number of aliphatic hydroxyl groups is 1. The second-order valence-corrected chi connectivity index (χ2v) is 4.94. The van der Waals surface area contributed by atoms with Gasteiger partial charge in [0.15, 0.2) is 5.16 Å². The van der Waals surface area contributed by atoms with Crippen molar-refractivity contribution in [1.82, 2.24) is 9.97 Å². The molecule has 1 N–H and O–H groups in total. The molecule has 17 heavy (non-hydrogen) atoms. The first-order valence-electron chi connectivity index (χ1n) is 5.06. The van der Waals surface area contributed by atoms with Gasteiger partial charge >= 0.3 is 0 Å². The van der Waals surface area contributed by atoms with Crippen molar-refractivity contribution in [2.45, 2.75) is 23.6 Å². The van der Waals surface area contributed by atoms with E-state index in [1.807, 2.05) is 19.1 Å². The molecule has 0 aliphatic carbocycles. The SMILES string of the molecule is Cc1ccnc(Sc2cc(Cl)ccc2CO)n1. The van der Waals surface area contributed by atoms with E-state index in [-0.39, 0.29) is 6.61 Å². The number of aliphatic hydroxyl groups excluding tert-OH is 1. The smallest absolute Gasteiger partial charge is 0.192 e. The third kappa shape index (κ3) is 3.19. The second-order valence-electron chi connectivity index (χ2n) is 3.49. The van der Waals surface area contributed by atoms with E-state index >= 15 is 0 Å². The summed E-state index contributed by atoms with van der Waals surface area (Å²) in [7, 11) is 0. The molecule has 0 aliphatic heterocycles. The maximum absolute atomic E-state index is 9.24. The maximum atomic E-state index is 9.24. The van der Waals surface area contributed by atoms with Gasteiger partial charge in [0.05, 0.1) is 6.61 Å². The third-order valence-corrected chi connectivity index (χ3v) is 3.39. The van der Waals surface area contributed by atoms with Gasteiger partial charge in [0.2, 0.25) is 0 Å². The molecule has 0 unspecified atom stereocenters. The van der Waals surface area contributed by atoms with Crippen LogP contribution in [0.1, 0.15) is 11.3 Å². The average molecular weight is 267 g/mol. The van der Waals surface area contributed by atoms with Crippen molar-refractivity contribution in [3.8, 4) is 0 Å². The molecule has 88 valence electrons. The van der Waals surface area contributed by atoms with Gasteiger partial charge < -0.3 is 5.11 Å². The summed E-state index contributed by atoms with van der Waals surface area (Å²) in [5.41, 5.74) is 1.74. The highest BCUT2D eigenvalue weighted by Gasteiger charge is 2.06. The first kappa shape index (κ1) is 12.4. The van der Waals surface area contributed by atoms with Crippen molar-refractivity contribution in [3.05, 3.63) is 46.7 Å². The van der Waals surface area contributed by atoms with Crippen molar-refractivity contribution in [2.24, 2.45) is 0 Å². The number of rotatable bonds is 3. The zero-order chi connectivity index (χ0) is 12.3. The van der Waals surface area contributed by atoms with Gasteiger partial charge in [-0.1, -0.05) is 17.7 Å². The lowest BCUT2D eigenvalue weighted by Crippen LogP contribution is -1.91. The fourth-order valence-electron chi connectivity index (χ4n) is 1.33. The third-order valence-electron chi connectivity index (χ3n) is 2.17. The molecule has 0 spiro atoms. The minimum absolute atomic E-state index is 0.0225. The topological polar surface area (TPSA) is 46.0 Å². The average Bonchev–Trinajstić information content (AvgIpc) is 2.29. The normalized spacial score (nSPS) is 10.5. The largest absolute Gasteiger partial charge is 0.392 e. The lowest BCUT2D eigenvalue weighted by atomic mass is 10.2. The Labute approximate surface area is 109 Å². The van der Waals surface area contributed by atoms with Crippen LogP contribution in [0.15, 0.2) is 40.5 Å². The van der Waals surface area contributed by atoms with E-state index in [1.165, 1.54) is 11.8 Å². The molecule has 0 amide bonds. The van der Waals surface area contributed by atoms with Gasteiger partial charge in [0, 0.05) is 21.8 Å². The van der Waals surface area contributed by atoms with E-state index in [4.69, 9.17) is 11.6 Å². The van der Waals surface area contributed by atoms with E-state index in [1.54, 1.807) is 18.3 Å². The predicted molar refractivity (Wildman–Crippen MR) is 68.3 cm³/mol. The summed E-state index contributed by atoms with van der Waals surface area (Å²) in [5.74, 6) is 0. The molecule has 3 nitrogen and oxygen atoms in total.